The molecule has 1 heterocycles. The number of hydrogen-bond acceptors (Lipinski definition) is 3. The summed E-state index contributed by atoms with van der Waals surface area (Å²) in [5, 5.41) is 5.13. The lowest BCUT2D eigenvalue weighted by Crippen LogP contribution is -2.37. The SMILES string of the molecule is NC(=O)Nc1ccc(C(=O)N2CCCNC(=O)C2)cc1. The van der Waals surface area contributed by atoms with Crippen molar-refractivity contribution in [1.82, 2.24) is 10.2 Å². The van der Waals surface area contributed by atoms with Crippen molar-refractivity contribution < 1.29 is 14.4 Å². The highest BCUT2D eigenvalue weighted by atomic mass is 16.2. The number of carbonyl (C=O) groups excluding carboxylic acids is 3. The van der Waals surface area contributed by atoms with Gasteiger partial charge in [0.2, 0.25) is 5.91 Å². The number of nitrogens with two attached hydrogens (primary N) is 1. The molecule has 106 valence electrons. The Morgan fingerprint density at radius 1 is 1.25 bits per heavy atom. The van der Waals surface area contributed by atoms with E-state index in [9.17, 15) is 14.4 Å². The fraction of sp³-hybridized carbons (Fsp3) is 0.308. The zero-order chi connectivity index (χ0) is 14.5. The Balaban J connectivity index is 2.08. The van der Waals surface area contributed by atoms with E-state index >= 15 is 0 Å². The predicted molar refractivity (Wildman–Crippen MR) is 73.2 cm³/mol. The lowest BCUT2D eigenvalue weighted by Gasteiger charge is -2.19. The summed E-state index contributed by atoms with van der Waals surface area (Å²) in [7, 11) is 0. The summed E-state index contributed by atoms with van der Waals surface area (Å²) in [5.74, 6) is -0.351. The van der Waals surface area contributed by atoms with Gasteiger partial charge in [-0.05, 0) is 30.7 Å². The van der Waals surface area contributed by atoms with Crippen molar-refractivity contribution in [2.24, 2.45) is 5.73 Å². The van der Waals surface area contributed by atoms with E-state index in [-0.39, 0.29) is 18.4 Å². The van der Waals surface area contributed by atoms with Gasteiger partial charge in [-0.15, -0.1) is 0 Å². The number of rotatable bonds is 2. The summed E-state index contributed by atoms with van der Waals surface area (Å²) in [4.78, 5) is 35.9. The number of hydrogen-bond donors (Lipinski definition) is 3. The summed E-state index contributed by atoms with van der Waals surface area (Å²) in [6.07, 6.45) is 0.735. The van der Waals surface area contributed by atoms with Crippen molar-refractivity contribution in [3.8, 4) is 0 Å². The van der Waals surface area contributed by atoms with Crippen molar-refractivity contribution in [3.05, 3.63) is 29.8 Å². The first-order chi connectivity index (χ1) is 9.56. The minimum Gasteiger partial charge on any atom is -0.354 e. The Bertz CT molecular complexity index is 527. The van der Waals surface area contributed by atoms with Gasteiger partial charge in [0.05, 0.1) is 6.54 Å². The number of carbonyl (C=O) groups is 3. The highest BCUT2D eigenvalue weighted by molar-refractivity contribution is 5.97. The lowest BCUT2D eigenvalue weighted by atomic mass is 10.1. The average molecular weight is 276 g/mol. The van der Waals surface area contributed by atoms with Gasteiger partial charge in [0.1, 0.15) is 0 Å². The number of urea groups is 1. The molecule has 20 heavy (non-hydrogen) atoms. The van der Waals surface area contributed by atoms with Crippen LogP contribution in [0, 0.1) is 0 Å². The average Bonchev–Trinajstić information content (AvgIpc) is 2.63. The molecule has 0 aromatic heterocycles. The van der Waals surface area contributed by atoms with Crippen LogP contribution in [0.3, 0.4) is 0 Å². The second-order valence-corrected chi connectivity index (χ2v) is 4.50. The fourth-order valence-electron chi connectivity index (χ4n) is 2.00. The third-order valence-electron chi connectivity index (χ3n) is 2.95. The van der Waals surface area contributed by atoms with Crippen LogP contribution in [0.4, 0.5) is 10.5 Å². The van der Waals surface area contributed by atoms with Gasteiger partial charge in [-0.25, -0.2) is 4.79 Å². The largest absolute Gasteiger partial charge is 0.354 e. The number of amides is 4. The van der Waals surface area contributed by atoms with Crippen LogP contribution in [0.2, 0.25) is 0 Å². The first kappa shape index (κ1) is 13.9. The van der Waals surface area contributed by atoms with Crippen LogP contribution >= 0.6 is 0 Å². The van der Waals surface area contributed by atoms with Crippen molar-refractivity contribution in [1.29, 1.82) is 0 Å². The minimum atomic E-state index is -0.659. The standard InChI is InChI=1S/C13H16N4O3/c14-13(20)16-10-4-2-9(3-5-10)12(19)17-7-1-6-15-11(18)8-17/h2-5H,1,6-8H2,(H,15,18)(H3,14,16,20). The molecule has 1 aromatic rings. The van der Waals surface area contributed by atoms with Crippen molar-refractivity contribution in [2.75, 3.05) is 25.0 Å². The summed E-state index contributed by atoms with van der Waals surface area (Å²) in [6, 6.07) is 5.71. The summed E-state index contributed by atoms with van der Waals surface area (Å²) < 4.78 is 0. The van der Waals surface area contributed by atoms with Crippen molar-refractivity contribution >= 4 is 23.5 Å². The topological polar surface area (TPSA) is 105 Å². The molecular weight excluding hydrogens is 260 g/mol. The zero-order valence-electron chi connectivity index (χ0n) is 10.9. The van der Waals surface area contributed by atoms with E-state index in [1.165, 1.54) is 4.90 Å². The molecule has 4 N–H and O–H groups in total. The zero-order valence-corrected chi connectivity index (χ0v) is 10.9. The number of anilines is 1. The molecule has 2 rings (SSSR count). The molecule has 0 unspecified atom stereocenters. The van der Waals surface area contributed by atoms with Crippen LogP contribution in [0.25, 0.3) is 0 Å². The van der Waals surface area contributed by atoms with Crippen LogP contribution < -0.4 is 16.4 Å². The normalized spacial score (nSPS) is 15.2. The third kappa shape index (κ3) is 3.47. The van der Waals surface area contributed by atoms with E-state index in [0.29, 0.717) is 24.3 Å². The molecule has 7 heteroatoms. The molecule has 0 aliphatic carbocycles. The molecule has 1 saturated heterocycles. The van der Waals surface area contributed by atoms with Crippen LogP contribution in [0.1, 0.15) is 16.8 Å². The smallest absolute Gasteiger partial charge is 0.316 e. The monoisotopic (exact) mass is 276 g/mol. The van der Waals surface area contributed by atoms with E-state index in [2.05, 4.69) is 10.6 Å². The molecule has 1 aliphatic rings. The molecule has 0 atom stereocenters. The number of nitrogens with zero attached hydrogens (tertiary/aromatic N) is 1. The molecule has 0 saturated carbocycles. The Labute approximate surface area is 116 Å². The van der Waals surface area contributed by atoms with E-state index in [0.717, 1.165) is 6.42 Å². The van der Waals surface area contributed by atoms with Crippen LogP contribution in [-0.2, 0) is 4.79 Å². The van der Waals surface area contributed by atoms with E-state index in [1.54, 1.807) is 24.3 Å². The van der Waals surface area contributed by atoms with Crippen LogP contribution in [-0.4, -0.2) is 42.4 Å². The Morgan fingerprint density at radius 3 is 2.60 bits per heavy atom. The maximum absolute atomic E-state index is 12.3. The van der Waals surface area contributed by atoms with Gasteiger partial charge in [-0.1, -0.05) is 0 Å². The molecule has 1 aromatic carbocycles. The summed E-state index contributed by atoms with van der Waals surface area (Å²) in [6.45, 7) is 1.20. The van der Waals surface area contributed by atoms with Crippen LogP contribution in [0.15, 0.2) is 24.3 Å². The Morgan fingerprint density at radius 2 is 1.95 bits per heavy atom. The van der Waals surface area contributed by atoms with Gasteiger partial charge >= 0.3 is 6.03 Å². The molecule has 1 fully saturated rings. The fourth-order valence-corrected chi connectivity index (χ4v) is 2.00. The highest BCUT2D eigenvalue weighted by Gasteiger charge is 2.20. The summed E-state index contributed by atoms with van der Waals surface area (Å²) >= 11 is 0. The van der Waals surface area contributed by atoms with Crippen molar-refractivity contribution in [3.63, 3.8) is 0 Å². The molecule has 0 radical (unpaired) electrons. The summed E-state index contributed by atoms with van der Waals surface area (Å²) in [5.41, 5.74) is 5.99. The van der Waals surface area contributed by atoms with E-state index in [4.69, 9.17) is 5.73 Å². The molecule has 0 bridgehead atoms. The van der Waals surface area contributed by atoms with Crippen LogP contribution in [0.5, 0.6) is 0 Å². The quantitative estimate of drug-likeness (QED) is 0.715. The molecular formula is C13H16N4O3. The van der Waals surface area contributed by atoms with Gasteiger partial charge in [0, 0.05) is 24.3 Å². The second-order valence-electron chi connectivity index (χ2n) is 4.50. The maximum Gasteiger partial charge on any atom is 0.316 e. The maximum atomic E-state index is 12.3. The molecule has 0 spiro atoms. The van der Waals surface area contributed by atoms with Crippen molar-refractivity contribution in [2.45, 2.75) is 6.42 Å². The van der Waals surface area contributed by atoms with E-state index < -0.39 is 6.03 Å². The number of primary amides is 1. The van der Waals surface area contributed by atoms with Gasteiger partial charge in [0.25, 0.3) is 5.91 Å². The first-order valence-electron chi connectivity index (χ1n) is 6.29. The number of benzene rings is 1. The molecule has 1 aliphatic heterocycles. The Hall–Kier alpha value is -2.57. The van der Waals surface area contributed by atoms with Gasteiger partial charge in [0.15, 0.2) is 0 Å². The Kier molecular flexibility index (Phi) is 4.19. The van der Waals surface area contributed by atoms with Gasteiger partial charge in [-0.3, -0.25) is 9.59 Å². The minimum absolute atomic E-state index is 0.0696. The highest BCUT2D eigenvalue weighted by Crippen LogP contribution is 2.12. The molecule has 4 amide bonds. The molecule has 7 nitrogen and oxygen atoms in total. The van der Waals surface area contributed by atoms with Gasteiger partial charge < -0.3 is 21.3 Å². The third-order valence-corrected chi connectivity index (χ3v) is 2.95. The lowest BCUT2D eigenvalue weighted by molar-refractivity contribution is -0.121. The first-order valence-corrected chi connectivity index (χ1v) is 6.29. The second kappa shape index (κ2) is 6.05. The van der Waals surface area contributed by atoms with E-state index in [1.807, 2.05) is 0 Å². The predicted octanol–water partition coefficient (Wildman–Crippen LogP) is 0.139. The van der Waals surface area contributed by atoms with Gasteiger partial charge in [-0.2, -0.15) is 0 Å². The number of nitrogens with one attached hydrogen (secondary N) is 2.